The van der Waals surface area contributed by atoms with Crippen LogP contribution in [0.15, 0.2) is 60.0 Å². The number of nitrogens with zero attached hydrogens (tertiary/aromatic N) is 4. The van der Waals surface area contributed by atoms with Gasteiger partial charge in [0, 0.05) is 31.9 Å². The van der Waals surface area contributed by atoms with E-state index in [2.05, 4.69) is 15.0 Å². The number of fused-ring (bicyclic) bond motifs is 1. The van der Waals surface area contributed by atoms with Crippen LogP contribution in [-0.2, 0) is 19.5 Å². The van der Waals surface area contributed by atoms with E-state index in [4.69, 9.17) is 0 Å². The lowest BCUT2D eigenvalue weighted by Crippen LogP contribution is -2.31. The van der Waals surface area contributed by atoms with Crippen molar-refractivity contribution in [2.24, 2.45) is 0 Å². The number of amides is 2. The van der Waals surface area contributed by atoms with Crippen LogP contribution in [0.1, 0.15) is 26.9 Å². The van der Waals surface area contributed by atoms with E-state index in [9.17, 15) is 14.7 Å². The lowest BCUT2D eigenvalue weighted by molar-refractivity contribution is 0.0779. The first-order valence-corrected chi connectivity index (χ1v) is 11.0. The topological polar surface area (TPSA) is 102 Å². The molecule has 2 heterocycles. The lowest BCUT2D eigenvalue weighted by Gasteiger charge is -2.17. The zero-order valence-electron chi connectivity index (χ0n) is 17.6. The number of carbonyl (C=O) groups is 2. The summed E-state index contributed by atoms with van der Waals surface area (Å²) in [5, 5.41) is 12.0. The molecule has 0 saturated heterocycles. The minimum atomic E-state index is -1.03. The third-order valence-corrected chi connectivity index (χ3v) is 5.93. The predicted octanol–water partition coefficient (Wildman–Crippen LogP) is 4.01. The van der Waals surface area contributed by atoms with Crippen LogP contribution in [0, 0.1) is 0 Å². The monoisotopic (exact) mass is 449 g/mol. The molecular formula is C23H23N5O3S. The molecule has 2 N–H and O–H groups in total. The summed E-state index contributed by atoms with van der Waals surface area (Å²) >= 11 is 1.36. The number of H-pyrrole nitrogens is 1. The van der Waals surface area contributed by atoms with Crippen molar-refractivity contribution in [2.75, 3.05) is 13.6 Å². The minimum absolute atomic E-state index is 0.154. The number of hydrogen-bond donors (Lipinski definition) is 2. The van der Waals surface area contributed by atoms with Crippen molar-refractivity contribution in [2.45, 2.75) is 19.5 Å². The molecule has 0 aliphatic heterocycles. The zero-order chi connectivity index (χ0) is 22.5. The average Bonchev–Trinajstić information content (AvgIpc) is 3.43. The van der Waals surface area contributed by atoms with E-state index < -0.39 is 6.09 Å². The number of imidazole rings is 1. The second-order valence-electron chi connectivity index (χ2n) is 7.43. The first-order chi connectivity index (χ1) is 15.5. The maximum Gasteiger partial charge on any atom is 0.407 e. The molecule has 164 valence electrons. The quantitative estimate of drug-likeness (QED) is 0.423. The van der Waals surface area contributed by atoms with Crippen molar-refractivity contribution in [1.82, 2.24) is 24.8 Å². The fourth-order valence-electron chi connectivity index (χ4n) is 3.38. The summed E-state index contributed by atoms with van der Waals surface area (Å²) in [7, 11) is 1.74. The van der Waals surface area contributed by atoms with Crippen LogP contribution < -0.4 is 0 Å². The number of thiazole rings is 1. The van der Waals surface area contributed by atoms with Crippen LogP contribution in [0.4, 0.5) is 4.79 Å². The fraction of sp³-hybridized carbons (Fsp3) is 0.217. The lowest BCUT2D eigenvalue weighted by atomic mass is 10.2. The number of hydrogen-bond acceptors (Lipinski definition) is 5. The number of aromatic nitrogens is 3. The van der Waals surface area contributed by atoms with E-state index in [1.54, 1.807) is 17.3 Å². The summed E-state index contributed by atoms with van der Waals surface area (Å²) in [6.45, 7) is 0.908. The van der Waals surface area contributed by atoms with E-state index in [1.165, 1.54) is 16.2 Å². The number of para-hydroxylation sites is 2. The molecule has 4 rings (SSSR count). The minimum Gasteiger partial charge on any atom is -0.465 e. The van der Waals surface area contributed by atoms with E-state index in [-0.39, 0.29) is 19.0 Å². The van der Waals surface area contributed by atoms with Crippen molar-refractivity contribution in [3.63, 3.8) is 0 Å². The third-order valence-electron chi connectivity index (χ3n) is 5.03. The Morgan fingerprint density at radius 2 is 1.78 bits per heavy atom. The highest BCUT2D eigenvalue weighted by Crippen LogP contribution is 2.16. The van der Waals surface area contributed by atoms with Gasteiger partial charge in [-0.25, -0.2) is 14.8 Å². The number of benzene rings is 2. The first-order valence-electron chi connectivity index (χ1n) is 10.1. The molecule has 2 aromatic heterocycles. The maximum atomic E-state index is 12.7. The molecule has 32 heavy (non-hydrogen) atoms. The molecule has 0 fully saturated rings. The van der Waals surface area contributed by atoms with Gasteiger partial charge in [-0.2, -0.15) is 0 Å². The Balaban J connectivity index is 1.36. The molecule has 0 bridgehead atoms. The number of carbonyl (C=O) groups excluding carboxylic acids is 1. The van der Waals surface area contributed by atoms with Crippen LogP contribution in [0.5, 0.6) is 0 Å². The van der Waals surface area contributed by atoms with Gasteiger partial charge in [0.15, 0.2) is 0 Å². The van der Waals surface area contributed by atoms with Gasteiger partial charge in [0.1, 0.15) is 11.5 Å². The molecule has 0 unspecified atom stereocenters. The van der Waals surface area contributed by atoms with Gasteiger partial charge in [-0.15, -0.1) is 11.3 Å². The molecule has 0 saturated carbocycles. The highest BCUT2D eigenvalue weighted by Gasteiger charge is 2.18. The summed E-state index contributed by atoms with van der Waals surface area (Å²) in [5.74, 6) is 0.430. The van der Waals surface area contributed by atoms with Crippen molar-refractivity contribution in [3.8, 4) is 0 Å². The molecule has 2 amide bonds. The van der Waals surface area contributed by atoms with Gasteiger partial charge in [0.2, 0.25) is 0 Å². The van der Waals surface area contributed by atoms with Gasteiger partial charge in [-0.3, -0.25) is 4.79 Å². The number of nitrogens with one attached hydrogen (secondary N) is 1. The Kier molecular flexibility index (Phi) is 6.46. The number of rotatable bonds is 8. The van der Waals surface area contributed by atoms with Gasteiger partial charge >= 0.3 is 6.09 Å². The summed E-state index contributed by atoms with van der Waals surface area (Å²) in [6.07, 6.45) is -0.603. The summed E-state index contributed by atoms with van der Waals surface area (Å²) in [6, 6.07) is 17.3. The van der Waals surface area contributed by atoms with Crippen LogP contribution in [0.25, 0.3) is 11.0 Å². The van der Waals surface area contributed by atoms with Gasteiger partial charge in [-0.1, -0.05) is 42.5 Å². The van der Waals surface area contributed by atoms with Gasteiger partial charge in [0.25, 0.3) is 5.91 Å². The molecule has 0 atom stereocenters. The molecule has 9 heteroatoms. The third kappa shape index (κ3) is 5.12. The van der Waals surface area contributed by atoms with Crippen LogP contribution in [0.2, 0.25) is 0 Å². The number of aromatic amines is 1. The van der Waals surface area contributed by atoms with Gasteiger partial charge in [-0.05, 0) is 17.7 Å². The van der Waals surface area contributed by atoms with Crippen molar-refractivity contribution in [3.05, 3.63) is 82.1 Å². The molecule has 0 aliphatic carbocycles. The van der Waals surface area contributed by atoms with Gasteiger partial charge < -0.3 is 19.9 Å². The van der Waals surface area contributed by atoms with E-state index >= 15 is 0 Å². The highest BCUT2D eigenvalue weighted by atomic mass is 32.1. The Labute approximate surface area is 189 Å². The molecule has 0 aliphatic rings. The average molecular weight is 450 g/mol. The van der Waals surface area contributed by atoms with E-state index in [1.807, 2.05) is 54.6 Å². The Hall–Kier alpha value is -3.72. The second kappa shape index (κ2) is 9.61. The summed E-state index contributed by atoms with van der Waals surface area (Å²) < 4.78 is 0. The van der Waals surface area contributed by atoms with E-state index in [0.29, 0.717) is 24.5 Å². The smallest absolute Gasteiger partial charge is 0.407 e. The van der Waals surface area contributed by atoms with Crippen LogP contribution in [-0.4, -0.2) is 55.5 Å². The second-order valence-corrected chi connectivity index (χ2v) is 8.37. The van der Waals surface area contributed by atoms with E-state index in [0.717, 1.165) is 21.6 Å². The molecule has 4 aromatic rings. The largest absolute Gasteiger partial charge is 0.465 e. The maximum absolute atomic E-state index is 12.7. The molecule has 0 radical (unpaired) electrons. The van der Waals surface area contributed by atoms with Crippen molar-refractivity contribution < 1.29 is 14.7 Å². The standard InChI is InChI=1S/C23H23N5O3S/c1-27(13-16-7-3-2-4-8-16)22(29)19-15-32-21(26-19)11-12-28(23(30)31)14-20-24-17-9-5-6-10-18(17)25-20/h2-10,15H,11-14H2,1H3,(H,24,25)(H,30,31). The zero-order valence-corrected chi connectivity index (χ0v) is 18.4. The molecule has 0 spiro atoms. The molecular weight excluding hydrogens is 426 g/mol. The Morgan fingerprint density at radius 3 is 2.53 bits per heavy atom. The Morgan fingerprint density at radius 1 is 1.03 bits per heavy atom. The highest BCUT2D eigenvalue weighted by molar-refractivity contribution is 7.09. The Bertz CT molecular complexity index is 1190. The van der Waals surface area contributed by atoms with Gasteiger partial charge in [0.05, 0.1) is 22.6 Å². The molecule has 8 nitrogen and oxygen atoms in total. The summed E-state index contributed by atoms with van der Waals surface area (Å²) in [4.78, 5) is 39.4. The fourth-order valence-corrected chi connectivity index (χ4v) is 4.14. The van der Waals surface area contributed by atoms with Crippen LogP contribution >= 0.6 is 11.3 Å². The number of carboxylic acid groups (broad SMARTS) is 1. The molecule has 2 aromatic carbocycles. The van der Waals surface area contributed by atoms with Crippen molar-refractivity contribution in [1.29, 1.82) is 0 Å². The normalized spacial score (nSPS) is 10.9. The SMILES string of the molecule is CN(Cc1ccccc1)C(=O)c1csc(CCN(Cc2nc3ccccc3[nH]2)C(=O)O)n1. The predicted molar refractivity (Wildman–Crippen MR) is 123 cm³/mol. The summed E-state index contributed by atoms with van der Waals surface area (Å²) in [5.41, 5.74) is 3.09. The van der Waals surface area contributed by atoms with Crippen LogP contribution in [0.3, 0.4) is 0 Å². The first kappa shape index (κ1) is 21.5. The van der Waals surface area contributed by atoms with Crippen molar-refractivity contribution >= 4 is 34.4 Å².